The fourth-order valence-electron chi connectivity index (χ4n) is 4.52. The molecule has 5 rings (SSSR count). The van der Waals surface area contributed by atoms with Gasteiger partial charge in [0.25, 0.3) is 0 Å². The average Bonchev–Trinajstić information content (AvgIpc) is 3.68. The van der Waals surface area contributed by atoms with Gasteiger partial charge in [-0.25, -0.2) is 4.79 Å². The Hall–Kier alpha value is -1.97. The second-order valence-electron chi connectivity index (χ2n) is 7.56. The molecule has 1 aromatic rings. The number of methoxy groups -OCH3 is 1. The van der Waals surface area contributed by atoms with Gasteiger partial charge in [-0.15, -0.1) is 5.29 Å². The number of benzene rings is 1. The van der Waals surface area contributed by atoms with Crippen molar-refractivity contribution < 1.29 is 14.3 Å². The fraction of sp³-hybridized carbons (Fsp3) is 0.0400. The lowest BCUT2D eigenvalue weighted by Crippen LogP contribution is -2.23. The molecule has 0 amide bonds. The van der Waals surface area contributed by atoms with Crippen LogP contribution in [-0.2, 0) is 4.74 Å². The number of ether oxygens (including phenoxy) is 1. The number of hydrogen-bond donors (Lipinski definition) is 5. The predicted molar refractivity (Wildman–Crippen MR) is 160 cm³/mol. The second-order valence-corrected chi connectivity index (χ2v) is 36.1. The van der Waals surface area contributed by atoms with E-state index in [0.717, 1.165) is 0 Å². The largest absolute Gasteiger partial charge is 0.465 e. The maximum Gasteiger partial charge on any atom is 0.337 e. The summed E-state index contributed by atoms with van der Waals surface area (Å²) >= 11 is 0. The molecular weight excluding hydrogens is 509 g/mol. The zero-order chi connectivity index (χ0) is 22.9. The molecule has 0 bridgehead atoms. The van der Waals surface area contributed by atoms with Crippen LogP contribution in [0.3, 0.4) is 0 Å². The van der Waals surface area contributed by atoms with E-state index in [4.69, 9.17) is 4.74 Å². The Morgan fingerprint density at radius 1 is 0.576 bits per heavy atom. The highest BCUT2D eigenvalue weighted by atomic mass is 34.1. The zero-order valence-corrected chi connectivity index (χ0v) is 22.5. The van der Waals surface area contributed by atoms with Gasteiger partial charge in [0.2, 0.25) is 5.12 Å². The summed E-state index contributed by atoms with van der Waals surface area (Å²) in [7, 11) is -1.78. The highest BCUT2D eigenvalue weighted by Crippen LogP contribution is 3.20. The summed E-state index contributed by atoms with van der Waals surface area (Å²) in [5.41, 5.74) is 1.17. The molecule has 8 heteroatoms. The quantitative estimate of drug-likeness (QED) is 0.148. The number of hydrogen-bond acceptors (Lipinski definition) is 3. The van der Waals surface area contributed by atoms with Crippen LogP contribution in [0.4, 0.5) is 0 Å². The van der Waals surface area contributed by atoms with Gasteiger partial charge in [-0.05, 0) is 67.5 Å². The summed E-state index contributed by atoms with van der Waals surface area (Å²) in [6, 6.07) is 7.14. The first-order chi connectivity index (χ1) is 16.1. The van der Waals surface area contributed by atoms with Crippen LogP contribution in [0.1, 0.15) is 20.7 Å². The van der Waals surface area contributed by atoms with E-state index >= 15 is 4.79 Å². The van der Waals surface area contributed by atoms with Gasteiger partial charge in [0.15, 0.2) is 0 Å². The van der Waals surface area contributed by atoms with Crippen LogP contribution in [0, 0.1) is 0 Å². The van der Waals surface area contributed by atoms with Crippen LogP contribution in [0.5, 0.6) is 0 Å². The lowest BCUT2D eigenvalue weighted by atomic mass is 10.1. The summed E-state index contributed by atoms with van der Waals surface area (Å²) in [5, 5.41) is 15.8. The van der Waals surface area contributed by atoms with Crippen LogP contribution < -0.4 is 0 Å². The standard InChI is InChI=1S/C25H28O3S5/c1-28-24(26)22-10-12-23(13-11-22)25(27)33(29-14-2-3-15-29,30-16-4-5-17-30,31-18-6-7-19-31)32-20-8-9-21-32/h2-21,29-33H,1H3. The SMILES string of the molecule is COC(=O)c1ccc(C(=O)[SH]([SH]2C=CC=C2)([SH]2C=CC=C2)([SH]2C=CC=C2)[SH]2C=CC=C2)cc1. The summed E-state index contributed by atoms with van der Waals surface area (Å²) in [5.74, 6) is -0.388. The van der Waals surface area contributed by atoms with Crippen molar-refractivity contribution in [2.75, 3.05) is 7.11 Å². The van der Waals surface area contributed by atoms with Crippen molar-refractivity contribution >= 4 is 56.1 Å². The van der Waals surface area contributed by atoms with Crippen molar-refractivity contribution in [1.82, 2.24) is 0 Å². The van der Waals surface area contributed by atoms with Crippen molar-refractivity contribution in [2.24, 2.45) is 0 Å². The highest BCUT2D eigenvalue weighted by molar-refractivity contribution is 9.86. The summed E-state index contributed by atoms with van der Waals surface area (Å²) < 4.78 is 4.87. The molecule has 0 aliphatic carbocycles. The molecule has 0 atom stereocenters. The van der Waals surface area contributed by atoms with Gasteiger partial charge in [0.05, 0.1) is 12.7 Å². The molecule has 0 N–H and O–H groups in total. The van der Waals surface area contributed by atoms with Crippen LogP contribution in [0.15, 0.2) is 116 Å². The summed E-state index contributed by atoms with van der Waals surface area (Å²) in [4.78, 5) is 27.3. The van der Waals surface area contributed by atoms with Crippen molar-refractivity contribution in [3.8, 4) is 0 Å². The van der Waals surface area contributed by atoms with Crippen LogP contribution in [-0.4, -0.2) is 18.2 Å². The molecule has 4 aliphatic rings. The molecular formula is C25H28O3S5. The Morgan fingerprint density at radius 2 is 0.879 bits per heavy atom. The Labute approximate surface area is 203 Å². The molecule has 1 aromatic carbocycles. The van der Waals surface area contributed by atoms with E-state index in [0.29, 0.717) is 16.2 Å². The average molecular weight is 537 g/mol. The van der Waals surface area contributed by atoms with E-state index in [9.17, 15) is 4.79 Å². The highest BCUT2D eigenvalue weighted by Gasteiger charge is 2.60. The molecule has 0 saturated carbocycles. The maximum absolute atomic E-state index is 15.2. The third-order valence-electron chi connectivity index (χ3n) is 5.97. The van der Waals surface area contributed by atoms with Crippen molar-refractivity contribution in [3.05, 3.63) is 127 Å². The predicted octanol–water partition coefficient (Wildman–Crippen LogP) is 7.51. The molecule has 0 radical (unpaired) electrons. The third-order valence-corrected chi connectivity index (χ3v) is 52.1. The summed E-state index contributed by atoms with van der Waals surface area (Å²) in [6.45, 7) is 0. The number of thiol groups is 5. The Morgan fingerprint density at radius 3 is 1.18 bits per heavy atom. The Kier molecular flexibility index (Phi) is 6.22. The molecule has 33 heavy (non-hydrogen) atoms. The number of carbonyl (C=O) groups excluding carboxylic acids is 2. The van der Waals surface area contributed by atoms with Gasteiger partial charge in [0.1, 0.15) is 0 Å². The van der Waals surface area contributed by atoms with Crippen LogP contribution in [0.2, 0.25) is 0 Å². The molecule has 0 fully saturated rings. The lowest BCUT2D eigenvalue weighted by molar-refractivity contribution is 0.0600. The molecule has 4 heterocycles. The van der Waals surface area contributed by atoms with Crippen LogP contribution >= 0.6 is 45.0 Å². The Balaban J connectivity index is 1.81. The van der Waals surface area contributed by atoms with Crippen molar-refractivity contribution in [1.29, 1.82) is 0 Å². The first-order valence-corrected chi connectivity index (χ1v) is 21.4. The van der Waals surface area contributed by atoms with E-state index in [1.807, 2.05) is 12.1 Å². The normalized spacial score (nSPS) is 23.1. The van der Waals surface area contributed by atoms with E-state index in [1.165, 1.54) is 7.11 Å². The van der Waals surface area contributed by atoms with E-state index in [1.54, 1.807) is 12.1 Å². The van der Waals surface area contributed by atoms with Gasteiger partial charge in [-0.1, -0.05) is 48.6 Å². The topological polar surface area (TPSA) is 43.4 Å². The maximum atomic E-state index is 15.2. The number of rotatable bonds is 6. The molecule has 3 nitrogen and oxygen atoms in total. The molecule has 176 valence electrons. The molecule has 0 saturated heterocycles. The molecule has 0 unspecified atom stereocenters. The molecule has 4 aliphatic heterocycles. The first-order valence-electron chi connectivity index (χ1n) is 10.4. The lowest BCUT2D eigenvalue weighted by Gasteiger charge is -2.76. The van der Waals surface area contributed by atoms with Gasteiger partial charge in [-0.3, -0.25) is 4.79 Å². The number of allylic oxidation sites excluding steroid dienone is 8. The van der Waals surface area contributed by atoms with Crippen LogP contribution in [0.25, 0.3) is 0 Å². The van der Waals surface area contributed by atoms with Gasteiger partial charge >= 0.3 is 5.97 Å². The van der Waals surface area contributed by atoms with Gasteiger partial charge < -0.3 is 4.74 Å². The Bertz CT molecular complexity index is 1060. The number of carbonyl (C=O) groups is 2. The first kappa shape index (κ1) is 22.8. The van der Waals surface area contributed by atoms with E-state index < -0.39 is 45.0 Å². The van der Waals surface area contributed by atoms with Crippen molar-refractivity contribution in [2.45, 2.75) is 0 Å². The second kappa shape index (κ2) is 9.00. The minimum atomic E-state index is -3.23. The van der Waals surface area contributed by atoms with E-state index in [-0.39, 0.29) is 5.97 Å². The molecule has 0 spiro atoms. The van der Waals surface area contributed by atoms with E-state index in [2.05, 4.69) is 91.9 Å². The fourth-order valence-corrected chi connectivity index (χ4v) is 53.7. The third kappa shape index (κ3) is 3.19. The van der Waals surface area contributed by atoms with Gasteiger partial charge in [0, 0.05) is 5.56 Å². The zero-order valence-electron chi connectivity index (χ0n) is 18.0. The monoisotopic (exact) mass is 536 g/mol. The molecule has 0 aromatic heterocycles. The minimum Gasteiger partial charge on any atom is -0.465 e. The van der Waals surface area contributed by atoms with Gasteiger partial charge in [-0.2, -0.15) is 39.7 Å². The smallest absolute Gasteiger partial charge is 0.337 e. The van der Waals surface area contributed by atoms with Crippen molar-refractivity contribution in [3.63, 3.8) is 0 Å². The number of esters is 1. The minimum absolute atomic E-state index is 0.312. The summed E-state index contributed by atoms with van der Waals surface area (Å²) in [6.07, 6.45) is 17.1.